The minimum absolute atomic E-state index is 0.0893. The van der Waals surface area contributed by atoms with E-state index in [0.29, 0.717) is 5.41 Å². The Labute approximate surface area is 126 Å². The normalized spacial score (nSPS) is 42.4. The Balaban J connectivity index is 1.67. The highest BCUT2D eigenvalue weighted by Gasteiger charge is 2.58. The van der Waals surface area contributed by atoms with E-state index in [2.05, 4.69) is 24.2 Å². The highest BCUT2D eigenvalue weighted by Crippen LogP contribution is 2.68. The molecule has 0 spiro atoms. The first-order chi connectivity index (χ1) is 10.0. The fourth-order valence-corrected chi connectivity index (χ4v) is 6.29. The molecule has 1 N–H and O–H groups in total. The number of aromatic nitrogens is 3. The van der Waals surface area contributed by atoms with Gasteiger partial charge in [0.2, 0.25) is 0 Å². The average Bonchev–Trinajstić information content (AvgIpc) is 2.83. The van der Waals surface area contributed by atoms with Crippen molar-refractivity contribution in [1.29, 1.82) is 0 Å². The maximum Gasteiger partial charge on any atom is 0.103 e. The lowest BCUT2D eigenvalue weighted by Gasteiger charge is -2.62. The van der Waals surface area contributed by atoms with Crippen molar-refractivity contribution in [3.8, 4) is 0 Å². The van der Waals surface area contributed by atoms with Crippen molar-refractivity contribution in [2.45, 2.75) is 71.4 Å². The number of aliphatic hydroxyl groups is 1. The van der Waals surface area contributed by atoms with Gasteiger partial charge in [-0.05, 0) is 62.2 Å². The maximum atomic E-state index is 11.2. The van der Waals surface area contributed by atoms with E-state index in [4.69, 9.17) is 0 Å². The molecule has 1 aromatic rings. The molecule has 0 radical (unpaired) electrons. The Kier molecular flexibility index (Phi) is 2.97. The van der Waals surface area contributed by atoms with Crippen LogP contribution in [0.5, 0.6) is 0 Å². The summed E-state index contributed by atoms with van der Waals surface area (Å²) in [6.07, 6.45) is 10.2. The summed E-state index contributed by atoms with van der Waals surface area (Å²) < 4.78 is 1.92. The second kappa shape index (κ2) is 4.55. The molecule has 4 aliphatic rings. The molecule has 4 bridgehead atoms. The maximum absolute atomic E-state index is 11.2. The standard InChI is InChI=1S/C17H27N3O/c1-3-4-20-14(10-18-19-20)15(21)17-8-12-5-13(9-17)7-16(2,6-12)11-17/h10,12-13,15,21H,3-9,11H2,1-2H3. The van der Waals surface area contributed by atoms with Crippen LogP contribution < -0.4 is 0 Å². The lowest BCUT2D eigenvalue weighted by Crippen LogP contribution is -2.53. The average molecular weight is 289 g/mol. The fourth-order valence-electron chi connectivity index (χ4n) is 6.29. The Morgan fingerprint density at radius 1 is 1.33 bits per heavy atom. The Morgan fingerprint density at radius 3 is 2.67 bits per heavy atom. The number of nitrogens with zero attached hydrogens (tertiary/aromatic N) is 3. The van der Waals surface area contributed by atoms with E-state index in [-0.39, 0.29) is 11.5 Å². The van der Waals surface area contributed by atoms with Crippen LogP contribution in [0, 0.1) is 22.7 Å². The van der Waals surface area contributed by atoms with Gasteiger partial charge in [-0.2, -0.15) is 0 Å². The third-order valence-corrected chi connectivity index (χ3v) is 6.34. The van der Waals surface area contributed by atoms with E-state index in [0.717, 1.165) is 30.5 Å². The Morgan fingerprint density at radius 2 is 2.05 bits per heavy atom. The van der Waals surface area contributed by atoms with Crippen LogP contribution in [0.4, 0.5) is 0 Å². The van der Waals surface area contributed by atoms with Gasteiger partial charge in [0.25, 0.3) is 0 Å². The third kappa shape index (κ3) is 2.06. The molecule has 4 fully saturated rings. The number of hydrogen-bond acceptors (Lipinski definition) is 3. The van der Waals surface area contributed by atoms with Gasteiger partial charge in [-0.1, -0.05) is 19.1 Å². The van der Waals surface area contributed by atoms with Crippen LogP contribution in [0.25, 0.3) is 0 Å². The van der Waals surface area contributed by atoms with E-state index < -0.39 is 0 Å². The summed E-state index contributed by atoms with van der Waals surface area (Å²) in [5.74, 6) is 1.67. The zero-order valence-corrected chi connectivity index (χ0v) is 13.3. The molecule has 116 valence electrons. The summed E-state index contributed by atoms with van der Waals surface area (Å²) >= 11 is 0. The topological polar surface area (TPSA) is 50.9 Å². The van der Waals surface area contributed by atoms with Gasteiger partial charge in [-0.15, -0.1) is 5.10 Å². The van der Waals surface area contributed by atoms with E-state index in [9.17, 15) is 5.11 Å². The highest BCUT2D eigenvalue weighted by atomic mass is 16.3. The smallest absolute Gasteiger partial charge is 0.103 e. The van der Waals surface area contributed by atoms with Crippen LogP contribution >= 0.6 is 0 Å². The minimum Gasteiger partial charge on any atom is -0.386 e. The quantitative estimate of drug-likeness (QED) is 0.925. The van der Waals surface area contributed by atoms with Crippen molar-refractivity contribution in [1.82, 2.24) is 15.0 Å². The van der Waals surface area contributed by atoms with Crippen molar-refractivity contribution in [2.24, 2.45) is 22.7 Å². The molecule has 4 nitrogen and oxygen atoms in total. The molecular formula is C17H27N3O. The van der Waals surface area contributed by atoms with Crippen LogP contribution in [0.3, 0.4) is 0 Å². The number of hydrogen-bond donors (Lipinski definition) is 1. The largest absolute Gasteiger partial charge is 0.386 e. The van der Waals surface area contributed by atoms with E-state index in [1.54, 1.807) is 6.20 Å². The second-order valence-corrected chi connectivity index (χ2v) is 8.42. The van der Waals surface area contributed by atoms with Crippen molar-refractivity contribution < 1.29 is 5.11 Å². The van der Waals surface area contributed by atoms with Crippen molar-refractivity contribution in [3.63, 3.8) is 0 Å². The molecule has 1 aromatic heterocycles. The first-order valence-corrected chi connectivity index (χ1v) is 8.60. The molecule has 3 unspecified atom stereocenters. The van der Waals surface area contributed by atoms with Gasteiger partial charge < -0.3 is 5.11 Å². The second-order valence-electron chi connectivity index (χ2n) is 8.42. The van der Waals surface area contributed by atoms with Gasteiger partial charge in [-0.25, -0.2) is 4.68 Å². The number of aryl methyl sites for hydroxylation is 1. The molecule has 4 heteroatoms. The monoisotopic (exact) mass is 289 g/mol. The highest BCUT2D eigenvalue weighted by molar-refractivity contribution is 5.14. The van der Waals surface area contributed by atoms with Crippen molar-refractivity contribution >= 4 is 0 Å². The first kappa shape index (κ1) is 13.7. The molecule has 5 rings (SSSR count). The van der Waals surface area contributed by atoms with Gasteiger partial charge in [0.15, 0.2) is 0 Å². The number of aliphatic hydroxyl groups excluding tert-OH is 1. The minimum atomic E-state index is -0.385. The van der Waals surface area contributed by atoms with Crippen LogP contribution in [0.15, 0.2) is 6.20 Å². The first-order valence-electron chi connectivity index (χ1n) is 8.60. The summed E-state index contributed by atoms with van der Waals surface area (Å²) in [5, 5.41) is 19.4. The van der Waals surface area contributed by atoms with E-state index in [1.165, 1.54) is 38.5 Å². The summed E-state index contributed by atoms with van der Waals surface area (Å²) in [5.41, 5.74) is 1.50. The molecule has 0 aromatic carbocycles. The molecule has 1 heterocycles. The predicted octanol–water partition coefficient (Wildman–Crippen LogP) is 3.33. The lowest BCUT2D eigenvalue weighted by atomic mass is 9.43. The van der Waals surface area contributed by atoms with Crippen molar-refractivity contribution in [2.75, 3.05) is 0 Å². The summed E-state index contributed by atoms with van der Waals surface area (Å²) in [6, 6.07) is 0. The molecule has 0 aliphatic heterocycles. The van der Waals surface area contributed by atoms with Crippen LogP contribution in [-0.4, -0.2) is 20.1 Å². The van der Waals surface area contributed by atoms with Gasteiger partial charge in [0, 0.05) is 12.0 Å². The molecule has 4 aliphatic carbocycles. The summed E-state index contributed by atoms with van der Waals surface area (Å²) in [6.45, 7) is 5.45. The van der Waals surface area contributed by atoms with E-state index >= 15 is 0 Å². The lowest BCUT2D eigenvalue weighted by molar-refractivity contribution is -0.157. The van der Waals surface area contributed by atoms with Gasteiger partial charge >= 0.3 is 0 Å². The summed E-state index contributed by atoms with van der Waals surface area (Å²) in [7, 11) is 0. The molecular weight excluding hydrogens is 262 g/mol. The van der Waals surface area contributed by atoms with Gasteiger partial charge in [0.1, 0.15) is 6.10 Å². The SMILES string of the molecule is CCCn1nncc1C(O)C12CC3CC(CC(C)(C3)C1)C2. The molecule has 21 heavy (non-hydrogen) atoms. The van der Waals surface area contributed by atoms with Gasteiger partial charge in [-0.3, -0.25) is 0 Å². The molecule has 0 amide bonds. The van der Waals surface area contributed by atoms with E-state index in [1.807, 2.05) is 4.68 Å². The van der Waals surface area contributed by atoms with Crippen molar-refractivity contribution in [3.05, 3.63) is 11.9 Å². The zero-order chi connectivity index (χ0) is 14.7. The van der Waals surface area contributed by atoms with Gasteiger partial charge in [0.05, 0.1) is 11.9 Å². The van der Waals surface area contributed by atoms with Crippen LogP contribution in [0.1, 0.15) is 70.6 Å². The summed E-state index contributed by atoms with van der Waals surface area (Å²) in [4.78, 5) is 0. The Bertz CT molecular complexity index is 524. The molecule has 4 saturated carbocycles. The third-order valence-electron chi connectivity index (χ3n) is 6.34. The van der Waals surface area contributed by atoms with Crippen LogP contribution in [-0.2, 0) is 6.54 Å². The number of rotatable bonds is 4. The Hall–Kier alpha value is -0.900. The van der Waals surface area contributed by atoms with Crippen LogP contribution in [0.2, 0.25) is 0 Å². The molecule has 3 atom stereocenters. The predicted molar refractivity (Wildman–Crippen MR) is 80.5 cm³/mol. The fraction of sp³-hybridized carbons (Fsp3) is 0.882. The zero-order valence-electron chi connectivity index (χ0n) is 13.3. The molecule has 0 saturated heterocycles.